The highest BCUT2D eigenvalue weighted by molar-refractivity contribution is 7.90. The van der Waals surface area contributed by atoms with Crippen molar-refractivity contribution in [3.05, 3.63) is 88.3 Å². The predicted octanol–water partition coefficient (Wildman–Crippen LogP) is 4.07. The minimum atomic E-state index is -3.42. The van der Waals surface area contributed by atoms with Crippen LogP contribution in [-0.4, -0.2) is 67.2 Å². The van der Waals surface area contributed by atoms with E-state index in [4.69, 9.17) is 22.1 Å². The molecule has 1 saturated carbocycles. The van der Waals surface area contributed by atoms with E-state index < -0.39 is 33.7 Å². The molecule has 1 aliphatic carbocycles. The van der Waals surface area contributed by atoms with Gasteiger partial charge < -0.3 is 21.1 Å². The Morgan fingerprint density at radius 1 is 1.16 bits per heavy atom. The van der Waals surface area contributed by atoms with Gasteiger partial charge in [0.15, 0.2) is 0 Å². The fourth-order valence-electron chi connectivity index (χ4n) is 5.81. The molecule has 0 bridgehead atoms. The molecule has 1 amide bonds. The summed E-state index contributed by atoms with van der Waals surface area (Å²) >= 11 is 6.11. The Kier molecular flexibility index (Phi) is 9.67. The van der Waals surface area contributed by atoms with E-state index in [2.05, 4.69) is 15.6 Å². The van der Waals surface area contributed by atoms with E-state index in [0.717, 1.165) is 5.56 Å². The van der Waals surface area contributed by atoms with Gasteiger partial charge in [0, 0.05) is 59.6 Å². The molecule has 3 aromatic rings. The third-order valence-corrected chi connectivity index (χ3v) is 11.0. The fraction of sp³-hybridized carbons (Fsp3) is 0.419. The lowest BCUT2D eigenvalue weighted by Gasteiger charge is -2.40. The highest BCUT2D eigenvalue weighted by Crippen LogP contribution is 2.35. The Hall–Kier alpha value is -3.09. The van der Waals surface area contributed by atoms with Gasteiger partial charge in [-0.05, 0) is 68.0 Å². The number of piperazine rings is 1. The quantitative estimate of drug-likeness (QED) is 0.292. The van der Waals surface area contributed by atoms with Crippen LogP contribution in [0.25, 0.3) is 0 Å². The largest absolute Gasteiger partial charge is 0.481 e. The Morgan fingerprint density at radius 2 is 1.88 bits per heavy atom. The third-order valence-electron chi connectivity index (χ3n) is 8.18. The maximum Gasteiger partial charge on any atom is 0.242 e. The number of carbonyl (C=O) groups is 1. The zero-order valence-electron chi connectivity index (χ0n) is 24.2. The molecule has 1 aromatic heterocycles. The first kappa shape index (κ1) is 31.3. The van der Waals surface area contributed by atoms with E-state index in [1.54, 1.807) is 53.0 Å². The lowest BCUT2D eigenvalue weighted by atomic mass is 9.85. The highest BCUT2D eigenvalue weighted by Gasteiger charge is 2.45. The van der Waals surface area contributed by atoms with Crippen molar-refractivity contribution in [2.45, 2.75) is 61.9 Å². The van der Waals surface area contributed by atoms with E-state index in [-0.39, 0.29) is 23.8 Å². The zero-order chi connectivity index (χ0) is 30.7. The van der Waals surface area contributed by atoms with Gasteiger partial charge >= 0.3 is 0 Å². The molecule has 0 spiro atoms. The summed E-state index contributed by atoms with van der Waals surface area (Å²) in [5.74, 6) is -1.14. The van der Waals surface area contributed by atoms with Gasteiger partial charge in [0.1, 0.15) is 5.82 Å². The number of ether oxygens (including phenoxy) is 1. The van der Waals surface area contributed by atoms with Crippen LogP contribution in [-0.2, 0) is 21.2 Å². The van der Waals surface area contributed by atoms with Gasteiger partial charge in [0.25, 0.3) is 0 Å². The minimum Gasteiger partial charge on any atom is -0.481 e. The Labute approximate surface area is 257 Å². The first-order chi connectivity index (χ1) is 20.6. The van der Waals surface area contributed by atoms with Crippen LogP contribution in [0, 0.1) is 5.82 Å². The molecule has 2 fully saturated rings. The molecule has 12 heteroatoms. The third kappa shape index (κ3) is 7.02. The zero-order valence-corrected chi connectivity index (χ0v) is 25.7. The lowest BCUT2D eigenvalue weighted by Crippen LogP contribution is -2.59. The number of sulfonamides is 1. The summed E-state index contributed by atoms with van der Waals surface area (Å²) in [5.41, 5.74) is 8.66. The molecular formula is C31H37ClFN5O4S. The van der Waals surface area contributed by atoms with Crippen LogP contribution >= 0.6 is 11.6 Å². The molecule has 4 N–H and O–H groups in total. The molecule has 1 aliphatic heterocycles. The number of halogens is 2. The van der Waals surface area contributed by atoms with Crippen molar-refractivity contribution >= 4 is 33.2 Å². The van der Waals surface area contributed by atoms with Gasteiger partial charge in [0.2, 0.25) is 21.8 Å². The molecule has 1 saturated heterocycles. The average molecular weight is 630 g/mol. The lowest BCUT2D eigenvalue weighted by molar-refractivity contribution is -0.117. The normalized spacial score (nSPS) is 20.8. The van der Waals surface area contributed by atoms with Crippen LogP contribution < -0.4 is 21.1 Å². The molecule has 230 valence electrons. The molecule has 2 aliphatic rings. The fourth-order valence-corrected chi connectivity index (χ4v) is 8.18. The van der Waals surface area contributed by atoms with Crippen molar-refractivity contribution in [1.82, 2.24) is 14.6 Å². The SMILES string of the molecule is COc1ccc([C@H](c2ccc(Cl)cc2)[C@H](N)C(=O)Nc2cccc(F)c2CC[C@H]2CNC[C@H](C)N2S(=O)(=O)C2CC2)cn1. The summed E-state index contributed by atoms with van der Waals surface area (Å²) in [6.07, 6.45) is 3.60. The molecule has 43 heavy (non-hydrogen) atoms. The number of anilines is 1. The smallest absolute Gasteiger partial charge is 0.242 e. The summed E-state index contributed by atoms with van der Waals surface area (Å²) in [6, 6.07) is 13.5. The number of nitrogens with zero attached hydrogens (tertiary/aromatic N) is 2. The van der Waals surface area contributed by atoms with Crippen LogP contribution in [0.3, 0.4) is 0 Å². The number of pyridine rings is 1. The van der Waals surface area contributed by atoms with E-state index >= 15 is 4.39 Å². The molecule has 2 aromatic carbocycles. The first-order valence-electron chi connectivity index (χ1n) is 14.4. The number of nitrogens with one attached hydrogen (secondary N) is 2. The van der Waals surface area contributed by atoms with E-state index in [9.17, 15) is 13.2 Å². The molecule has 0 radical (unpaired) electrons. The molecule has 4 atom stereocenters. The summed E-state index contributed by atoms with van der Waals surface area (Å²) in [7, 11) is -1.90. The maximum absolute atomic E-state index is 15.2. The topological polar surface area (TPSA) is 127 Å². The number of methoxy groups -OCH3 is 1. The van der Waals surface area contributed by atoms with Crippen molar-refractivity contribution in [3.63, 3.8) is 0 Å². The van der Waals surface area contributed by atoms with E-state index in [0.29, 0.717) is 60.1 Å². The van der Waals surface area contributed by atoms with Gasteiger partial charge in [-0.25, -0.2) is 17.8 Å². The Bertz CT molecular complexity index is 1540. The highest BCUT2D eigenvalue weighted by atomic mass is 35.5. The summed E-state index contributed by atoms with van der Waals surface area (Å²) < 4.78 is 48.5. The summed E-state index contributed by atoms with van der Waals surface area (Å²) in [5, 5.41) is 6.38. The van der Waals surface area contributed by atoms with E-state index in [1.165, 1.54) is 19.2 Å². The van der Waals surface area contributed by atoms with Crippen molar-refractivity contribution < 1.29 is 22.3 Å². The van der Waals surface area contributed by atoms with Gasteiger partial charge in [-0.1, -0.05) is 35.9 Å². The van der Waals surface area contributed by atoms with Crippen LogP contribution in [0.1, 0.15) is 48.8 Å². The number of hydrogen-bond acceptors (Lipinski definition) is 7. The Morgan fingerprint density at radius 3 is 2.53 bits per heavy atom. The number of rotatable bonds is 11. The molecule has 2 heterocycles. The number of amides is 1. The number of aromatic nitrogens is 1. The molecule has 5 rings (SSSR count). The van der Waals surface area contributed by atoms with Gasteiger partial charge in [-0.2, -0.15) is 4.31 Å². The second kappa shape index (κ2) is 13.3. The van der Waals surface area contributed by atoms with Crippen LogP contribution in [0.4, 0.5) is 10.1 Å². The number of benzene rings is 2. The second-order valence-electron chi connectivity index (χ2n) is 11.2. The van der Waals surface area contributed by atoms with Crippen molar-refractivity contribution in [3.8, 4) is 5.88 Å². The van der Waals surface area contributed by atoms with E-state index in [1.807, 2.05) is 6.92 Å². The van der Waals surface area contributed by atoms with Crippen molar-refractivity contribution in [1.29, 1.82) is 0 Å². The van der Waals surface area contributed by atoms with Gasteiger partial charge in [0.05, 0.1) is 18.4 Å². The van der Waals surface area contributed by atoms with Crippen molar-refractivity contribution in [2.24, 2.45) is 5.73 Å². The van der Waals surface area contributed by atoms with Crippen LogP contribution in [0.2, 0.25) is 5.02 Å². The van der Waals surface area contributed by atoms with Crippen LogP contribution in [0.15, 0.2) is 60.8 Å². The van der Waals surface area contributed by atoms with Crippen LogP contribution in [0.5, 0.6) is 5.88 Å². The van der Waals surface area contributed by atoms with Gasteiger partial charge in [-0.15, -0.1) is 0 Å². The molecular weight excluding hydrogens is 593 g/mol. The number of hydrogen-bond donors (Lipinski definition) is 3. The summed E-state index contributed by atoms with van der Waals surface area (Å²) in [6.45, 7) is 2.94. The first-order valence-corrected chi connectivity index (χ1v) is 16.3. The monoisotopic (exact) mass is 629 g/mol. The number of carbonyl (C=O) groups excluding carboxylic acids is 1. The van der Waals surface area contributed by atoms with Crippen molar-refractivity contribution in [2.75, 3.05) is 25.5 Å². The average Bonchev–Trinajstić information content (AvgIpc) is 3.85. The van der Waals surface area contributed by atoms with Gasteiger partial charge in [-0.3, -0.25) is 4.79 Å². The number of nitrogens with two attached hydrogens (primary N) is 1. The standard InChI is InChI=1S/C31H37ClFN5O4S/c1-19-16-35-18-23(38(19)43(40,41)24-12-13-24)11-14-25-26(33)4-3-5-27(25)37-31(39)30(34)29(20-6-9-22(32)10-7-20)21-8-15-28(42-2)36-17-21/h3-10,15,17,19,23-24,29-30,35H,11-14,16,18,34H2,1-2H3,(H,37,39)/t19-,23-,29-,30-/m0/s1. The predicted molar refractivity (Wildman–Crippen MR) is 165 cm³/mol. The minimum absolute atomic E-state index is 0.195. The summed E-state index contributed by atoms with van der Waals surface area (Å²) in [4.78, 5) is 17.9. The maximum atomic E-state index is 15.2. The molecule has 0 unspecified atom stereocenters. The molecule has 9 nitrogen and oxygen atoms in total. The second-order valence-corrected chi connectivity index (χ2v) is 13.8. The Balaban J connectivity index is 1.37.